The summed E-state index contributed by atoms with van der Waals surface area (Å²) < 4.78 is 0. The summed E-state index contributed by atoms with van der Waals surface area (Å²) in [5.74, 6) is -0.507. The lowest BCUT2D eigenvalue weighted by Gasteiger charge is -2.13. The van der Waals surface area contributed by atoms with Crippen LogP contribution in [0.1, 0.15) is 23.5 Å². The van der Waals surface area contributed by atoms with Gasteiger partial charge in [0.05, 0.1) is 5.69 Å². The Kier molecular flexibility index (Phi) is 5.98. The van der Waals surface area contributed by atoms with Crippen molar-refractivity contribution in [2.75, 3.05) is 6.54 Å². The maximum atomic E-state index is 12.9. The zero-order chi connectivity index (χ0) is 19.2. The number of benzene rings is 2. The molecular formula is C21H21N3O2S. The van der Waals surface area contributed by atoms with Crippen LogP contribution in [0.25, 0.3) is 21.8 Å². The van der Waals surface area contributed by atoms with Crippen molar-refractivity contribution in [3.8, 4) is 21.8 Å². The van der Waals surface area contributed by atoms with Crippen molar-refractivity contribution < 1.29 is 9.59 Å². The third kappa shape index (κ3) is 4.41. The SMILES string of the molecule is CCNC(=O)C(C)NC(=O)c1sc(-c2ccccc2)nc1-c1ccccc1. The Bertz CT molecular complexity index is 923. The van der Waals surface area contributed by atoms with Crippen LogP contribution in [0, 0.1) is 0 Å². The van der Waals surface area contributed by atoms with Crippen LogP contribution in [-0.4, -0.2) is 29.4 Å². The Labute approximate surface area is 162 Å². The van der Waals surface area contributed by atoms with Crippen LogP contribution in [0.15, 0.2) is 60.7 Å². The molecule has 0 aliphatic rings. The molecular weight excluding hydrogens is 358 g/mol. The van der Waals surface area contributed by atoms with Crippen LogP contribution in [0.5, 0.6) is 0 Å². The smallest absolute Gasteiger partial charge is 0.264 e. The van der Waals surface area contributed by atoms with Gasteiger partial charge in [-0.2, -0.15) is 0 Å². The highest BCUT2D eigenvalue weighted by molar-refractivity contribution is 7.17. The molecule has 5 nitrogen and oxygen atoms in total. The molecule has 138 valence electrons. The van der Waals surface area contributed by atoms with Crippen molar-refractivity contribution in [3.63, 3.8) is 0 Å². The van der Waals surface area contributed by atoms with Gasteiger partial charge in [-0.05, 0) is 13.8 Å². The van der Waals surface area contributed by atoms with Gasteiger partial charge in [-0.15, -0.1) is 11.3 Å². The molecule has 1 heterocycles. The maximum absolute atomic E-state index is 12.9. The lowest BCUT2D eigenvalue weighted by Crippen LogP contribution is -2.44. The zero-order valence-electron chi connectivity index (χ0n) is 15.2. The van der Waals surface area contributed by atoms with Crippen molar-refractivity contribution in [3.05, 3.63) is 65.5 Å². The Morgan fingerprint density at radius 1 is 1.00 bits per heavy atom. The Balaban J connectivity index is 1.96. The molecule has 0 radical (unpaired) electrons. The van der Waals surface area contributed by atoms with E-state index in [-0.39, 0.29) is 11.8 Å². The number of rotatable bonds is 6. The quantitative estimate of drug-likeness (QED) is 0.685. The summed E-state index contributed by atoms with van der Waals surface area (Å²) in [4.78, 5) is 30.0. The third-order valence-electron chi connectivity index (χ3n) is 3.99. The van der Waals surface area contributed by atoms with Gasteiger partial charge in [0.25, 0.3) is 5.91 Å². The van der Waals surface area contributed by atoms with E-state index in [0.29, 0.717) is 17.1 Å². The van der Waals surface area contributed by atoms with Crippen LogP contribution < -0.4 is 10.6 Å². The summed E-state index contributed by atoms with van der Waals surface area (Å²) in [5.41, 5.74) is 2.45. The predicted molar refractivity (Wildman–Crippen MR) is 109 cm³/mol. The predicted octanol–water partition coefficient (Wildman–Crippen LogP) is 3.73. The number of likely N-dealkylation sites (N-methyl/N-ethyl adjacent to an activating group) is 1. The summed E-state index contributed by atoms with van der Waals surface area (Å²) in [6.45, 7) is 4.03. The molecule has 0 saturated heterocycles. The van der Waals surface area contributed by atoms with E-state index in [9.17, 15) is 9.59 Å². The molecule has 3 aromatic rings. The van der Waals surface area contributed by atoms with Crippen LogP contribution in [0.2, 0.25) is 0 Å². The normalized spacial score (nSPS) is 11.6. The number of hydrogen-bond acceptors (Lipinski definition) is 4. The van der Waals surface area contributed by atoms with Gasteiger partial charge in [0, 0.05) is 17.7 Å². The lowest BCUT2D eigenvalue weighted by atomic mass is 10.1. The van der Waals surface area contributed by atoms with Crippen LogP contribution >= 0.6 is 11.3 Å². The fourth-order valence-electron chi connectivity index (χ4n) is 2.62. The summed E-state index contributed by atoms with van der Waals surface area (Å²) >= 11 is 1.33. The van der Waals surface area contributed by atoms with E-state index in [1.165, 1.54) is 11.3 Å². The van der Waals surface area contributed by atoms with Crippen molar-refractivity contribution >= 4 is 23.2 Å². The molecule has 0 aliphatic carbocycles. The molecule has 6 heteroatoms. The van der Waals surface area contributed by atoms with Crippen molar-refractivity contribution in [2.24, 2.45) is 0 Å². The maximum Gasteiger partial charge on any atom is 0.264 e. The number of thiazole rings is 1. The molecule has 1 atom stereocenters. The van der Waals surface area contributed by atoms with Crippen molar-refractivity contribution in [1.82, 2.24) is 15.6 Å². The lowest BCUT2D eigenvalue weighted by molar-refractivity contribution is -0.122. The van der Waals surface area contributed by atoms with Gasteiger partial charge in [0.15, 0.2) is 0 Å². The van der Waals surface area contributed by atoms with Gasteiger partial charge in [-0.1, -0.05) is 60.7 Å². The van der Waals surface area contributed by atoms with Gasteiger partial charge in [-0.25, -0.2) is 4.98 Å². The number of nitrogens with one attached hydrogen (secondary N) is 2. The molecule has 2 amide bonds. The second kappa shape index (κ2) is 8.60. The Hall–Kier alpha value is -2.99. The van der Waals surface area contributed by atoms with Crippen LogP contribution in [0.4, 0.5) is 0 Å². The fraction of sp³-hybridized carbons (Fsp3) is 0.190. The van der Waals surface area contributed by atoms with E-state index in [0.717, 1.165) is 16.1 Å². The molecule has 1 unspecified atom stereocenters. The van der Waals surface area contributed by atoms with Gasteiger partial charge < -0.3 is 10.6 Å². The van der Waals surface area contributed by atoms with Crippen LogP contribution in [-0.2, 0) is 4.79 Å². The number of aromatic nitrogens is 1. The highest BCUT2D eigenvalue weighted by atomic mass is 32.1. The first-order valence-corrected chi connectivity index (χ1v) is 9.62. The molecule has 0 aliphatic heterocycles. The van der Waals surface area contributed by atoms with E-state index < -0.39 is 6.04 Å². The van der Waals surface area contributed by atoms with Gasteiger partial charge in [0.1, 0.15) is 15.9 Å². The molecule has 3 rings (SSSR count). The molecule has 0 spiro atoms. The number of carbonyl (C=O) groups excluding carboxylic acids is 2. The summed E-state index contributed by atoms with van der Waals surface area (Å²) in [7, 11) is 0. The molecule has 1 aromatic heterocycles. The average Bonchev–Trinajstić information content (AvgIpc) is 3.15. The molecule has 2 N–H and O–H groups in total. The summed E-state index contributed by atoms with van der Waals surface area (Å²) in [5, 5.41) is 6.26. The first-order valence-electron chi connectivity index (χ1n) is 8.80. The highest BCUT2D eigenvalue weighted by Crippen LogP contribution is 2.33. The standard InChI is InChI=1S/C21H21N3O2S/c1-3-22-19(25)14(2)23-20(26)18-17(15-10-6-4-7-11-15)24-21(27-18)16-12-8-5-9-13-16/h4-14H,3H2,1-2H3,(H,22,25)(H,23,26). The number of nitrogens with zero attached hydrogens (tertiary/aromatic N) is 1. The van der Waals surface area contributed by atoms with E-state index in [2.05, 4.69) is 10.6 Å². The third-order valence-corrected chi connectivity index (χ3v) is 5.10. The first kappa shape index (κ1) is 18.8. The minimum Gasteiger partial charge on any atom is -0.355 e. The van der Waals surface area contributed by atoms with Gasteiger partial charge in [-0.3, -0.25) is 9.59 Å². The summed E-state index contributed by atoms with van der Waals surface area (Å²) in [6.07, 6.45) is 0. The number of amides is 2. The molecule has 27 heavy (non-hydrogen) atoms. The molecule has 0 fully saturated rings. The monoisotopic (exact) mass is 379 g/mol. The Morgan fingerprint density at radius 2 is 1.59 bits per heavy atom. The largest absolute Gasteiger partial charge is 0.355 e. The van der Waals surface area contributed by atoms with Gasteiger partial charge in [0.2, 0.25) is 5.91 Å². The fourth-order valence-corrected chi connectivity index (χ4v) is 3.62. The second-order valence-corrected chi connectivity index (χ2v) is 7.02. The molecule has 0 saturated carbocycles. The Morgan fingerprint density at radius 3 is 2.19 bits per heavy atom. The minimum absolute atomic E-state index is 0.208. The molecule has 0 bridgehead atoms. The first-order chi connectivity index (χ1) is 13.1. The van der Waals surface area contributed by atoms with Gasteiger partial charge >= 0.3 is 0 Å². The molecule has 2 aromatic carbocycles. The minimum atomic E-state index is -0.622. The van der Waals surface area contributed by atoms with Crippen LogP contribution in [0.3, 0.4) is 0 Å². The van der Waals surface area contributed by atoms with Crippen molar-refractivity contribution in [1.29, 1.82) is 0 Å². The zero-order valence-corrected chi connectivity index (χ0v) is 16.0. The van der Waals surface area contributed by atoms with E-state index >= 15 is 0 Å². The van der Waals surface area contributed by atoms with E-state index in [1.807, 2.05) is 67.6 Å². The highest BCUT2D eigenvalue weighted by Gasteiger charge is 2.23. The topological polar surface area (TPSA) is 71.1 Å². The number of carbonyl (C=O) groups is 2. The van der Waals surface area contributed by atoms with Crippen molar-refractivity contribution in [2.45, 2.75) is 19.9 Å². The second-order valence-electron chi connectivity index (χ2n) is 6.02. The number of hydrogen-bond donors (Lipinski definition) is 2. The average molecular weight is 379 g/mol. The van der Waals surface area contributed by atoms with E-state index in [4.69, 9.17) is 4.98 Å². The van der Waals surface area contributed by atoms with E-state index in [1.54, 1.807) is 6.92 Å². The summed E-state index contributed by atoms with van der Waals surface area (Å²) in [6, 6.07) is 18.7.